The van der Waals surface area contributed by atoms with Gasteiger partial charge in [-0.05, 0) is 87.1 Å². The second-order valence-electron chi connectivity index (χ2n) is 11.5. The van der Waals surface area contributed by atoms with Crippen molar-refractivity contribution in [3.8, 4) is 11.3 Å². The average molecular weight is 523 g/mol. The number of carbonyl (C=O) groups is 2. The fraction of sp³-hybridized carbons (Fsp3) is 0.367. The first-order chi connectivity index (χ1) is 18.9. The molecule has 9 nitrogen and oxygen atoms in total. The van der Waals surface area contributed by atoms with Crippen molar-refractivity contribution in [1.82, 2.24) is 19.4 Å². The van der Waals surface area contributed by atoms with Crippen molar-refractivity contribution in [2.24, 2.45) is 5.41 Å². The Balaban J connectivity index is 1.19. The van der Waals surface area contributed by atoms with Gasteiger partial charge in [0.1, 0.15) is 28.7 Å². The molecular formula is C30H30N6O3. The monoisotopic (exact) mass is 522 g/mol. The molecule has 4 aliphatic carbocycles. The molecule has 4 N–H and O–H groups in total. The van der Waals surface area contributed by atoms with Gasteiger partial charge in [0, 0.05) is 35.1 Å². The first kappa shape index (κ1) is 23.8. The van der Waals surface area contributed by atoms with Crippen LogP contribution in [-0.4, -0.2) is 36.3 Å². The molecule has 1 amide bonds. The zero-order valence-corrected chi connectivity index (χ0v) is 21.6. The summed E-state index contributed by atoms with van der Waals surface area (Å²) in [7, 11) is 0. The third-order valence-corrected chi connectivity index (χ3v) is 9.25. The number of aliphatic carboxylic acids is 1. The zero-order chi connectivity index (χ0) is 26.8. The number of anilines is 2. The molecule has 0 unspecified atom stereocenters. The van der Waals surface area contributed by atoms with Crippen LogP contribution >= 0.6 is 0 Å². The number of hydrogen-bond acceptors (Lipinski definition) is 6. The summed E-state index contributed by atoms with van der Waals surface area (Å²) >= 11 is 0. The summed E-state index contributed by atoms with van der Waals surface area (Å²) < 4.78 is 2.04. The first-order valence-electron chi connectivity index (χ1n) is 13.6. The van der Waals surface area contributed by atoms with E-state index < -0.39 is 11.4 Å². The van der Waals surface area contributed by atoms with Crippen LogP contribution in [0.3, 0.4) is 0 Å². The Morgan fingerprint density at radius 2 is 1.69 bits per heavy atom. The Kier molecular flexibility index (Phi) is 5.27. The Bertz CT molecular complexity index is 1600. The van der Waals surface area contributed by atoms with Gasteiger partial charge in [0.2, 0.25) is 0 Å². The van der Waals surface area contributed by atoms with E-state index in [1.165, 1.54) is 18.4 Å². The maximum absolute atomic E-state index is 13.0. The molecule has 198 valence electrons. The smallest absolute Gasteiger partial charge is 0.309 e. The lowest BCUT2D eigenvalue weighted by Crippen LogP contribution is -2.48. The number of carboxylic acids is 1. The van der Waals surface area contributed by atoms with E-state index in [0.29, 0.717) is 42.4 Å². The van der Waals surface area contributed by atoms with Crippen molar-refractivity contribution in [1.29, 1.82) is 0 Å². The molecule has 0 aliphatic heterocycles. The van der Waals surface area contributed by atoms with Crippen LogP contribution in [0.25, 0.3) is 16.8 Å². The molecule has 0 atom stereocenters. The molecule has 3 heterocycles. The summed E-state index contributed by atoms with van der Waals surface area (Å²) in [5.41, 5.74) is 9.63. The van der Waals surface area contributed by atoms with Crippen molar-refractivity contribution in [3.05, 3.63) is 71.9 Å². The fourth-order valence-electron chi connectivity index (χ4n) is 6.64. The van der Waals surface area contributed by atoms with Crippen LogP contribution in [0.1, 0.15) is 79.0 Å². The van der Waals surface area contributed by atoms with Gasteiger partial charge < -0.3 is 16.2 Å². The minimum Gasteiger partial charge on any atom is -0.481 e. The van der Waals surface area contributed by atoms with E-state index in [-0.39, 0.29) is 11.3 Å². The summed E-state index contributed by atoms with van der Waals surface area (Å²) in [6, 6.07) is 11.3. The number of pyridine rings is 1. The quantitative estimate of drug-likeness (QED) is 0.317. The summed E-state index contributed by atoms with van der Waals surface area (Å²) in [6.45, 7) is 0. The minimum atomic E-state index is -0.673. The van der Waals surface area contributed by atoms with Gasteiger partial charge >= 0.3 is 5.97 Å². The van der Waals surface area contributed by atoms with Crippen LogP contribution in [0.2, 0.25) is 0 Å². The largest absolute Gasteiger partial charge is 0.481 e. The molecule has 9 heteroatoms. The number of hydrogen-bond donors (Lipinski definition) is 3. The number of rotatable bonds is 6. The summed E-state index contributed by atoms with van der Waals surface area (Å²) in [6.07, 6.45) is 12.0. The number of benzene rings is 1. The van der Waals surface area contributed by atoms with Crippen LogP contribution < -0.4 is 11.1 Å². The Morgan fingerprint density at radius 3 is 2.36 bits per heavy atom. The molecule has 4 aromatic rings. The lowest BCUT2D eigenvalue weighted by molar-refractivity contribution is -0.156. The molecular weight excluding hydrogens is 492 g/mol. The summed E-state index contributed by atoms with van der Waals surface area (Å²) in [5.74, 6) is 1.56. The van der Waals surface area contributed by atoms with Crippen LogP contribution in [0.4, 0.5) is 11.6 Å². The minimum absolute atomic E-state index is 0.187. The van der Waals surface area contributed by atoms with Crippen molar-refractivity contribution in [2.75, 3.05) is 11.1 Å². The van der Waals surface area contributed by atoms with Gasteiger partial charge in [0.05, 0.1) is 5.41 Å². The SMILES string of the molecule is Nc1nccn2c(C34CCC(C(=O)O)(CC3)CC4)nc(-c3ccc(C(=O)Nc4cc(C5CC5)ccn4)cc3)c12. The van der Waals surface area contributed by atoms with E-state index in [9.17, 15) is 14.7 Å². The molecule has 4 saturated carbocycles. The van der Waals surface area contributed by atoms with E-state index in [4.69, 9.17) is 10.7 Å². The first-order valence-corrected chi connectivity index (χ1v) is 13.6. The number of carboxylic acid groups (broad SMARTS) is 1. The number of carbonyl (C=O) groups excluding carboxylic acids is 1. The van der Waals surface area contributed by atoms with Crippen molar-refractivity contribution < 1.29 is 14.7 Å². The van der Waals surface area contributed by atoms with Crippen molar-refractivity contribution in [3.63, 3.8) is 0 Å². The van der Waals surface area contributed by atoms with Crippen LogP contribution in [0, 0.1) is 5.41 Å². The molecule has 4 aliphatic rings. The highest BCUT2D eigenvalue weighted by atomic mass is 16.4. The molecule has 2 bridgehead atoms. The number of imidazole rings is 1. The second kappa shape index (κ2) is 8.62. The standard InChI is InChI=1S/C30H30N6O3/c31-25-24-23(19-3-5-20(6-4-19)26(37)34-22-17-21(7-14-32-22)18-1-2-18)35-27(36(24)16-15-33-25)29-8-11-30(12-9-29,13-10-29)28(38)39/h3-7,14-18H,1-2,8-13H2,(H2,31,33)(H,38,39)(H,32,34,37). The predicted octanol–water partition coefficient (Wildman–Crippen LogP) is 5.18. The lowest BCUT2D eigenvalue weighted by atomic mass is 9.53. The van der Waals surface area contributed by atoms with E-state index in [1.807, 2.05) is 34.9 Å². The summed E-state index contributed by atoms with van der Waals surface area (Å²) in [4.78, 5) is 38.7. The van der Waals surface area contributed by atoms with Crippen LogP contribution in [0.5, 0.6) is 0 Å². The van der Waals surface area contributed by atoms with Gasteiger partial charge in [-0.15, -0.1) is 0 Å². The highest BCUT2D eigenvalue weighted by Crippen LogP contribution is 2.58. The fourth-order valence-corrected chi connectivity index (χ4v) is 6.64. The molecule has 1 aromatic carbocycles. The summed E-state index contributed by atoms with van der Waals surface area (Å²) in [5, 5.41) is 12.7. The van der Waals surface area contributed by atoms with Crippen molar-refractivity contribution in [2.45, 2.75) is 62.7 Å². The third kappa shape index (κ3) is 3.87. The van der Waals surface area contributed by atoms with Crippen LogP contribution in [-0.2, 0) is 10.2 Å². The molecule has 0 radical (unpaired) electrons. The predicted molar refractivity (Wildman–Crippen MR) is 146 cm³/mol. The van der Waals surface area contributed by atoms with Gasteiger partial charge in [-0.3, -0.25) is 14.0 Å². The number of aromatic nitrogens is 4. The molecule has 0 spiro atoms. The number of amides is 1. The van der Waals surface area contributed by atoms with Gasteiger partial charge in [-0.2, -0.15) is 0 Å². The molecule has 4 fully saturated rings. The van der Waals surface area contributed by atoms with Gasteiger partial charge in [-0.25, -0.2) is 15.0 Å². The van der Waals surface area contributed by atoms with Crippen molar-refractivity contribution >= 4 is 29.0 Å². The molecule has 8 rings (SSSR count). The van der Waals surface area contributed by atoms with Crippen LogP contribution in [0.15, 0.2) is 55.0 Å². The third-order valence-electron chi connectivity index (χ3n) is 9.25. The normalized spacial score (nSPS) is 24.1. The number of nitrogens with one attached hydrogen (secondary N) is 1. The van der Waals surface area contributed by atoms with Gasteiger partial charge in [0.15, 0.2) is 0 Å². The maximum Gasteiger partial charge on any atom is 0.309 e. The zero-order valence-electron chi connectivity index (χ0n) is 21.6. The lowest BCUT2D eigenvalue weighted by Gasteiger charge is -2.50. The molecule has 0 saturated heterocycles. The van der Waals surface area contributed by atoms with E-state index in [1.54, 1.807) is 24.5 Å². The molecule has 3 aromatic heterocycles. The highest BCUT2D eigenvalue weighted by molar-refractivity contribution is 6.04. The number of nitrogen functional groups attached to an aromatic ring is 1. The Hall–Kier alpha value is -4.27. The van der Waals surface area contributed by atoms with E-state index in [0.717, 1.165) is 41.9 Å². The van der Waals surface area contributed by atoms with Gasteiger partial charge in [-0.1, -0.05) is 12.1 Å². The maximum atomic E-state index is 13.0. The highest BCUT2D eigenvalue weighted by Gasteiger charge is 2.54. The topological polar surface area (TPSA) is 136 Å². The second-order valence-corrected chi connectivity index (χ2v) is 11.5. The Labute approximate surface area is 225 Å². The van der Waals surface area contributed by atoms with Gasteiger partial charge in [0.25, 0.3) is 5.91 Å². The number of nitrogens with zero attached hydrogens (tertiary/aromatic N) is 4. The van der Waals surface area contributed by atoms with E-state index >= 15 is 0 Å². The number of fused-ring (bicyclic) bond motifs is 4. The Morgan fingerprint density at radius 1 is 0.974 bits per heavy atom. The molecule has 39 heavy (non-hydrogen) atoms. The number of nitrogens with two attached hydrogens (primary N) is 1. The average Bonchev–Trinajstić information content (AvgIpc) is 3.74. The van der Waals surface area contributed by atoms with E-state index in [2.05, 4.69) is 15.3 Å².